The summed E-state index contributed by atoms with van der Waals surface area (Å²) in [5, 5.41) is 2.74. The van der Waals surface area contributed by atoms with Crippen LogP contribution in [0.15, 0.2) is 87.8 Å². The number of nitrogens with zero attached hydrogens (tertiary/aromatic N) is 2. The van der Waals surface area contributed by atoms with Gasteiger partial charge in [0.2, 0.25) is 5.95 Å². The van der Waals surface area contributed by atoms with E-state index in [1.54, 1.807) is 30.5 Å². The average Bonchev–Trinajstić information content (AvgIpc) is 3.30. The first-order valence-corrected chi connectivity index (χ1v) is 11.8. The maximum absolute atomic E-state index is 12.7. The lowest BCUT2D eigenvalue weighted by atomic mass is 10.0. The second kappa shape index (κ2) is 11.3. The van der Waals surface area contributed by atoms with Gasteiger partial charge in [-0.15, -0.1) is 0 Å². The van der Waals surface area contributed by atoms with Crippen LogP contribution in [0.25, 0.3) is 5.57 Å². The van der Waals surface area contributed by atoms with Gasteiger partial charge in [-0.3, -0.25) is 19.0 Å². The zero-order valence-corrected chi connectivity index (χ0v) is 20.1. The zero-order chi connectivity index (χ0) is 25.5. The third-order valence-corrected chi connectivity index (χ3v) is 5.91. The molecular weight excluding hydrogens is 456 g/mol. The van der Waals surface area contributed by atoms with Gasteiger partial charge in [0.1, 0.15) is 5.76 Å². The molecule has 3 aromatic rings. The Bertz CT molecular complexity index is 1410. The number of anilines is 1. The van der Waals surface area contributed by atoms with Crippen LogP contribution < -0.4 is 16.6 Å². The number of aromatic nitrogens is 2. The summed E-state index contributed by atoms with van der Waals surface area (Å²) in [6, 6.07) is 11.9. The van der Waals surface area contributed by atoms with E-state index in [1.165, 1.54) is 17.6 Å². The topological polar surface area (TPSA) is 120 Å². The Morgan fingerprint density at radius 3 is 2.67 bits per heavy atom. The summed E-state index contributed by atoms with van der Waals surface area (Å²) < 4.78 is 6.85. The van der Waals surface area contributed by atoms with Gasteiger partial charge in [0.05, 0.1) is 17.5 Å². The fourth-order valence-electron chi connectivity index (χ4n) is 4.07. The highest BCUT2D eigenvalue weighted by molar-refractivity contribution is 6.07. The molecule has 0 spiro atoms. The van der Waals surface area contributed by atoms with E-state index >= 15 is 0 Å². The van der Waals surface area contributed by atoms with Crippen LogP contribution in [-0.2, 0) is 13.0 Å². The first-order chi connectivity index (χ1) is 17.4. The van der Waals surface area contributed by atoms with Crippen molar-refractivity contribution < 1.29 is 14.0 Å². The summed E-state index contributed by atoms with van der Waals surface area (Å²) in [5.41, 5.74) is 9.25. The monoisotopic (exact) mass is 484 g/mol. The van der Waals surface area contributed by atoms with Gasteiger partial charge in [-0.2, -0.15) is 0 Å². The molecule has 4 rings (SSSR count). The normalized spacial score (nSPS) is 13.0. The number of Topliss-reactive ketones (excluding diaryl/α,β-unsaturated/α-hetero) is 1. The minimum Gasteiger partial charge on any atom is -0.465 e. The third-order valence-electron chi connectivity index (χ3n) is 5.91. The number of furan rings is 1. The molecule has 1 aromatic carbocycles. The van der Waals surface area contributed by atoms with Gasteiger partial charge < -0.3 is 15.5 Å². The standard InChI is InChI=1S/C28H28N4O4/c1-19(33)23-9-4-5-10-24(23)27(35)30-14-15-32-26(34)18-22(31-28(32)29)13-12-20-7-2-3-8-21(17-20)25-11-6-16-36-25/h2-7,9-11,16-18H,8,12-15H2,1H3,(H2,29,31)(H,30,35). The van der Waals surface area contributed by atoms with Crippen LogP contribution in [0.1, 0.15) is 51.9 Å². The van der Waals surface area contributed by atoms with Crippen molar-refractivity contribution in [2.24, 2.45) is 0 Å². The van der Waals surface area contributed by atoms with Gasteiger partial charge in [0, 0.05) is 24.7 Å². The van der Waals surface area contributed by atoms with Crippen molar-refractivity contribution in [2.75, 3.05) is 12.3 Å². The summed E-state index contributed by atoms with van der Waals surface area (Å²) in [5.74, 6) is 0.362. The van der Waals surface area contributed by atoms with Gasteiger partial charge in [0.15, 0.2) is 5.78 Å². The summed E-state index contributed by atoms with van der Waals surface area (Å²) in [7, 11) is 0. The maximum Gasteiger partial charge on any atom is 0.255 e. The lowest BCUT2D eigenvalue weighted by Gasteiger charge is -2.12. The van der Waals surface area contributed by atoms with E-state index in [0.717, 1.165) is 23.3 Å². The SMILES string of the molecule is CC(=O)c1ccccc1C(=O)NCCn1c(N)nc(CCC2=CC=CCC(c3ccco3)=C2)cc1=O. The number of benzene rings is 1. The van der Waals surface area contributed by atoms with Gasteiger partial charge >= 0.3 is 0 Å². The lowest BCUT2D eigenvalue weighted by Crippen LogP contribution is -2.33. The minimum atomic E-state index is -0.385. The largest absolute Gasteiger partial charge is 0.465 e. The highest BCUT2D eigenvalue weighted by Crippen LogP contribution is 2.25. The Morgan fingerprint density at radius 2 is 1.94 bits per heavy atom. The molecule has 0 saturated carbocycles. The predicted octanol–water partition coefficient (Wildman–Crippen LogP) is 3.95. The van der Waals surface area contributed by atoms with Gasteiger partial charge in [-0.1, -0.05) is 42.5 Å². The first-order valence-electron chi connectivity index (χ1n) is 11.8. The van der Waals surface area contributed by atoms with Crippen molar-refractivity contribution in [3.8, 4) is 0 Å². The minimum absolute atomic E-state index is 0.0949. The summed E-state index contributed by atoms with van der Waals surface area (Å²) >= 11 is 0. The highest BCUT2D eigenvalue weighted by atomic mass is 16.3. The molecule has 0 saturated heterocycles. The van der Waals surface area contributed by atoms with E-state index in [0.29, 0.717) is 29.7 Å². The second-order valence-electron chi connectivity index (χ2n) is 8.47. The lowest BCUT2D eigenvalue weighted by molar-refractivity contribution is 0.0937. The van der Waals surface area contributed by atoms with Crippen LogP contribution in [-0.4, -0.2) is 27.8 Å². The van der Waals surface area contributed by atoms with Gasteiger partial charge in [-0.05, 0) is 55.5 Å². The van der Waals surface area contributed by atoms with Crippen molar-refractivity contribution in [3.05, 3.63) is 112 Å². The fraction of sp³-hybridized carbons (Fsp3) is 0.214. The molecular formula is C28H28N4O4. The van der Waals surface area contributed by atoms with Gasteiger partial charge in [0.25, 0.3) is 11.5 Å². The smallest absolute Gasteiger partial charge is 0.255 e. The molecule has 3 N–H and O–H groups in total. The zero-order valence-electron chi connectivity index (χ0n) is 20.1. The second-order valence-corrected chi connectivity index (χ2v) is 8.47. The van der Waals surface area contributed by atoms with E-state index in [-0.39, 0.29) is 36.3 Å². The van der Waals surface area contributed by atoms with Crippen molar-refractivity contribution in [2.45, 2.75) is 32.7 Å². The van der Waals surface area contributed by atoms with E-state index in [4.69, 9.17) is 10.2 Å². The molecule has 184 valence electrons. The van der Waals surface area contributed by atoms with Crippen LogP contribution in [0.5, 0.6) is 0 Å². The Morgan fingerprint density at radius 1 is 1.14 bits per heavy atom. The molecule has 0 bridgehead atoms. The number of amides is 1. The number of rotatable bonds is 9. The van der Waals surface area contributed by atoms with Gasteiger partial charge in [-0.25, -0.2) is 4.98 Å². The molecule has 8 heteroatoms. The van der Waals surface area contributed by atoms with Crippen molar-refractivity contribution in [3.63, 3.8) is 0 Å². The predicted molar refractivity (Wildman–Crippen MR) is 139 cm³/mol. The molecule has 1 aliphatic carbocycles. The Balaban J connectivity index is 1.37. The van der Waals surface area contributed by atoms with Crippen LogP contribution >= 0.6 is 0 Å². The Labute approximate surface area is 208 Å². The summed E-state index contributed by atoms with van der Waals surface area (Å²) in [4.78, 5) is 41.4. The maximum atomic E-state index is 12.7. The number of aryl methyl sites for hydroxylation is 1. The van der Waals surface area contributed by atoms with Crippen LogP contribution in [0, 0.1) is 0 Å². The highest BCUT2D eigenvalue weighted by Gasteiger charge is 2.14. The van der Waals surface area contributed by atoms with Crippen LogP contribution in [0.2, 0.25) is 0 Å². The van der Waals surface area contributed by atoms with E-state index in [2.05, 4.69) is 22.5 Å². The van der Waals surface area contributed by atoms with Crippen molar-refractivity contribution in [1.29, 1.82) is 0 Å². The molecule has 0 radical (unpaired) electrons. The average molecular weight is 485 g/mol. The van der Waals surface area contributed by atoms with E-state index < -0.39 is 0 Å². The molecule has 0 unspecified atom stereocenters. The fourth-order valence-corrected chi connectivity index (χ4v) is 4.07. The van der Waals surface area contributed by atoms with Crippen molar-refractivity contribution in [1.82, 2.24) is 14.9 Å². The van der Waals surface area contributed by atoms with Crippen molar-refractivity contribution >= 4 is 23.2 Å². The van der Waals surface area contributed by atoms with Crippen LogP contribution in [0.3, 0.4) is 0 Å². The number of ketones is 1. The number of nitrogens with two attached hydrogens (primary N) is 1. The van der Waals surface area contributed by atoms with E-state index in [1.807, 2.05) is 24.3 Å². The number of carbonyl (C=O) groups is 2. The van der Waals surface area contributed by atoms with E-state index in [9.17, 15) is 14.4 Å². The van der Waals surface area contributed by atoms with Crippen LogP contribution in [0.4, 0.5) is 5.95 Å². The third kappa shape index (κ3) is 5.96. The quantitative estimate of drug-likeness (QED) is 0.444. The summed E-state index contributed by atoms with van der Waals surface area (Å²) in [6.45, 7) is 1.74. The number of carbonyl (C=O) groups excluding carboxylic acids is 2. The Kier molecular flexibility index (Phi) is 7.75. The molecule has 1 amide bonds. The molecule has 2 aromatic heterocycles. The molecule has 0 aliphatic heterocycles. The number of allylic oxidation sites excluding steroid dienone is 6. The Hall–Kier alpha value is -4.46. The molecule has 2 heterocycles. The first kappa shape index (κ1) is 24.7. The molecule has 8 nitrogen and oxygen atoms in total. The number of nitrogen functional groups attached to an aromatic ring is 1. The number of hydrogen-bond acceptors (Lipinski definition) is 6. The summed E-state index contributed by atoms with van der Waals surface area (Å²) in [6.07, 6.45) is 11.9. The molecule has 36 heavy (non-hydrogen) atoms. The molecule has 1 aliphatic rings. The number of nitrogens with one attached hydrogen (secondary N) is 1. The molecule has 0 atom stereocenters. The number of hydrogen-bond donors (Lipinski definition) is 2. The molecule has 0 fully saturated rings.